The van der Waals surface area contributed by atoms with Crippen LogP contribution in [0.25, 0.3) is 0 Å². The van der Waals surface area contributed by atoms with Gasteiger partial charge < -0.3 is 9.88 Å². The number of urea groups is 1. The Morgan fingerprint density at radius 1 is 1.07 bits per heavy atom. The topological polar surface area (TPSA) is 97.6 Å². The van der Waals surface area contributed by atoms with Crippen molar-refractivity contribution in [1.29, 1.82) is 0 Å². The molecule has 2 aliphatic carbocycles. The Morgan fingerprint density at radius 3 is 2.60 bits per heavy atom. The number of nitrogens with one attached hydrogen (secondary N) is 2. The number of amides is 2. The predicted octanol–water partition coefficient (Wildman–Crippen LogP) is 4.77. The molecule has 0 saturated heterocycles. The molecular weight excluding hydrogens is 418 g/mol. The standard InChI is InChI=1S/C20H31N7OS2/c1-29-20-26-23-16(27(20)15-10-5-6-11-15)12-7-13-21-18(28)22-19-25-24-17(30-19)14-8-3-2-4-9-14/h14-15H,2-13H2,1H3,(H2,21,22,25,28). The SMILES string of the molecule is CSc1nnc(CCCNC(=O)Nc2nnc(C3CCCCC3)s2)n1C1CCCC1. The van der Waals surface area contributed by atoms with E-state index < -0.39 is 0 Å². The number of thioether (sulfide) groups is 1. The van der Waals surface area contributed by atoms with Crippen molar-refractivity contribution in [1.82, 2.24) is 30.3 Å². The number of carbonyl (C=O) groups is 1. The Labute approximate surface area is 186 Å². The molecule has 0 atom stereocenters. The summed E-state index contributed by atoms with van der Waals surface area (Å²) in [4.78, 5) is 12.2. The predicted molar refractivity (Wildman–Crippen MR) is 120 cm³/mol. The lowest BCUT2D eigenvalue weighted by Gasteiger charge is -2.18. The second kappa shape index (κ2) is 10.6. The maximum Gasteiger partial charge on any atom is 0.321 e. The molecule has 2 amide bonds. The molecule has 4 rings (SSSR count). The van der Waals surface area contributed by atoms with Crippen LogP contribution in [0.3, 0.4) is 0 Å². The van der Waals surface area contributed by atoms with Crippen LogP contribution in [-0.4, -0.2) is 43.8 Å². The van der Waals surface area contributed by atoms with E-state index in [-0.39, 0.29) is 6.03 Å². The van der Waals surface area contributed by atoms with Gasteiger partial charge in [0.25, 0.3) is 0 Å². The molecule has 2 N–H and O–H groups in total. The van der Waals surface area contributed by atoms with E-state index in [1.54, 1.807) is 11.8 Å². The van der Waals surface area contributed by atoms with Crippen molar-refractivity contribution in [3.05, 3.63) is 10.8 Å². The van der Waals surface area contributed by atoms with Crippen molar-refractivity contribution in [2.75, 3.05) is 18.1 Å². The maximum absolute atomic E-state index is 12.2. The summed E-state index contributed by atoms with van der Waals surface area (Å²) >= 11 is 3.17. The molecule has 2 fully saturated rings. The van der Waals surface area contributed by atoms with E-state index in [0.29, 0.717) is 23.6 Å². The van der Waals surface area contributed by atoms with E-state index in [4.69, 9.17) is 0 Å². The number of hydrogen-bond acceptors (Lipinski definition) is 7. The molecule has 10 heteroatoms. The Bertz CT molecular complexity index is 825. The molecule has 30 heavy (non-hydrogen) atoms. The van der Waals surface area contributed by atoms with Crippen molar-refractivity contribution >= 4 is 34.3 Å². The number of aryl methyl sites for hydroxylation is 1. The minimum Gasteiger partial charge on any atom is -0.338 e. The number of carbonyl (C=O) groups excluding carboxylic acids is 1. The molecule has 2 heterocycles. The van der Waals surface area contributed by atoms with Crippen molar-refractivity contribution in [2.45, 2.75) is 87.7 Å². The molecule has 2 saturated carbocycles. The first-order chi connectivity index (χ1) is 14.7. The highest BCUT2D eigenvalue weighted by atomic mass is 32.2. The molecule has 0 bridgehead atoms. The van der Waals surface area contributed by atoms with Crippen LogP contribution in [-0.2, 0) is 6.42 Å². The normalized spacial score (nSPS) is 18.0. The molecule has 2 aromatic rings. The fraction of sp³-hybridized carbons (Fsp3) is 0.750. The van der Waals surface area contributed by atoms with Gasteiger partial charge in [-0.15, -0.1) is 20.4 Å². The summed E-state index contributed by atoms with van der Waals surface area (Å²) in [5.74, 6) is 1.55. The molecule has 0 spiro atoms. The van der Waals surface area contributed by atoms with E-state index >= 15 is 0 Å². The fourth-order valence-electron chi connectivity index (χ4n) is 4.54. The second-order valence-corrected chi connectivity index (χ2v) is 9.96. The van der Waals surface area contributed by atoms with Gasteiger partial charge >= 0.3 is 6.03 Å². The molecule has 164 valence electrons. The van der Waals surface area contributed by atoms with E-state index in [9.17, 15) is 4.79 Å². The van der Waals surface area contributed by atoms with Crippen LogP contribution in [0.5, 0.6) is 0 Å². The fourth-order valence-corrected chi connectivity index (χ4v) is 6.02. The number of nitrogens with zero attached hydrogens (tertiary/aromatic N) is 5. The molecule has 2 aromatic heterocycles. The third-order valence-electron chi connectivity index (χ3n) is 6.09. The number of rotatable bonds is 8. The van der Waals surface area contributed by atoms with Crippen LogP contribution in [0.4, 0.5) is 9.93 Å². The quantitative estimate of drug-likeness (QED) is 0.445. The molecular formula is C20H31N7OS2. The van der Waals surface area contributed by atoms with E-state index in [1.807, 2.05) is 0 Å². The van der Waals surface area contributed by atoms with Crippen LogP contribution < -0.4 is 10.6 Å². The van der Waals surface area contributed by atoms with Crippen molar-refractivity contribution in [3.63, 3.8) is 0 Å². The molecule has 8 nitrogen and oxygen atoms in total. The summed E-state index contributed by atoms with van der Waals surface area (Å²) < 4.78 is 2.33. The highest BCUT2D eigenvalue weighted by Crippen LogP contribution is 2.35. The van der Waals surface area contributed by atoms with Gasteiger partial charge in [-0.2, -0.15) is 0 Å². The lowest BCUT2D eigenvalue weighted by molar-refractivity contribution is 0.252. The zero-order valence-corrected chi connectivity index (χ0v) is 19.2. The second-order valence-electron chi connectivity index (χ2n) is 8.18. The lowest BCUT2D eigenvalue weighted by Crippen LogP contribution is -2.29. The van der Waals surface area contributed by atoms with Crippen LogP contribution >= 0.6 is 23.1 Å². The highest BCUT2D eigenvalue weighted by molar-refractivity contribution is 7.98. The smallest absolute Gasteiger partial charge is 0.321 e. The molecule has 0 aliphatic heterocycles. The average molecular weight is 450 g/mol. The summed E-state index contributed by atoms with van der Waals surface area (Å²) in [7, 11) is 0. The van der Waals surface area contributed by atoms with Crippen molar-refractivity contribution in [2.24, 2.45) is 0 Å². The van der Waals surface area contributed by atoms with Gasteiger partial charge in [0.15, 0.2) is 5.16 Å². The van der Waals surface area contributed by atoms with E-state index in [0.717, 1.165) is 28.8 Å². The van der Waals surface area contributed by atoms with Gasteiger partial charge in [0, 0.05) is 24.9 Å². The molecule has 0 aromatic carbocycles. The third kappa shape index (κ3) is 5.32. The Morgan fingerprint density at radius 2 is 1.83 bits per heavy atom. The maximum atomic E-state index is 12.2. The zero-order valence-electron chi connectivity index (χ0n) is 17.6. The van der Waals surface area contributed by atoms with Crippen LogP contribution in [0.15, 0.2) is 5.16 Å². The number of aromatic nitrogens is 5. The van der Waals surface area contributed by atoms with Gasteiger partial charge in [0.05, 0.1) is 0 Å². The van der Waals surface area contributed by atoms with E-state index in [1.165, 1.54) is 69.1 Å². The summed E-state index contributed by atoms with van der Waals surface area (Å²) in [6, 6.07) is 0.313. The molecule has 0 radical (unpaired) electrons. The minimum atomic E-state index is -0.219. The minimum absolute atomic E-state index is 0.219. The Hall–Kier alpha value is -1.68. The largest absolute Gasteiger partial charge is 0.338 e. The van der Waals surface area contributed by atoms with Gasteiger partial charge in [-0.3, -0.25) is 5.32 Å². The van der Waals surface area contributed by atoms with Gasteiger partial charge in [-0.25, -0.2) is 4.79 Å². The Balaban J connectivity index is 1.22. The van der Waals surface area contributed by atoms with Gasteiger partial charge in [0.1, 0.15) is 10.8 Å². The summed E-state index contributed by atoms with van der Waals surface area (Å²) in [6.07, 6.45) is 14.9. The monoisotopic (exact) mass is 449 g/mol. The average Bonchev–Trinajstić information content (AvgIpc) is 3.52. The van der Waals surface area contributed by atoms with Gasteiger partial charge in [-0.1, -0.05) is 55.2 Å². The van der Waals surface area contributed by atoms with Crippen LogP contribution in [0.1, 0.15) is 87.0 Å². The van der Waals surface area contributed by atoms with Crippen molar-refractivity contribution in [3.8, 4) is 0 Å². The summed E-state index contributed by atoms with van der Waals surface area (Å²) in [5.41, 5.74) is 0. The number of anilines is 1. The first-order valence-corrected chi connectivity index (χ1v) is 13.1. The first kappa shape index (κ1) is 21.5. The van der Waals surface area contributed by atoms with Crippen LogP contribution in [0.2, 0.25) is 0 Å². The van der Waals surface area contributed by atoms with Gasteiger partial charge in [0.2, 0.25) is 5.13 Å². The molecule has 0 unspecified atom stereocenters. The lowest BCUT2D eigenvalue weighted by atomic mass is 9.90. The summed E-state index contributed by atoms with van der Waals surface area (Å²) in [6.45, 7) is 0.590. The zero-order chi connectivity index (χ0) is 20.8. The first-order valence-electron chi connectivity index (χ1n) is 11.1. The van der Waals surface area contributed by atoms with E-state index in [2.05, 4.69) is 41.9 Å². The molecule has 2 aliphatic rings. The van der Waals surface area contributed by atoms with Crippen molar-refractivity contribution < 1.29 is 4.79 Å². The number of hydrogen-bond donors (Lipinski definition) is 2. The van der Waals surface area contributed by atoms with Gasteiger partial charge in [-0.05, 0) is 38.4 Å². The summed E-state index contributed by atoms with van der Waals surface area (Å²) in [5, 5.41) is 25.6. The Kier molecular flexibility index (Phi) is 7.59. The highest BCUT2D eigenvalue weighted by Gasteiger charge is 2.23. The van der Waals surface area contributed by atoms with Crippen LogP contribution in [0, 0.1) is 0 Å². The third-order valence-corrected chi connectivity index (χ3v) is 7.73.